The van der Waals surface area contributed by atoms with Gasteiger partial charge in [0.2, 0.25) is 6.79 Å². The predicted octanol–water partition coefficient (Wildman–Crippen LogP) is 0.614. The van der Waals surface area contributed by atoms with Gasteiger partial charge in [-0.3, -0.25) is 0 Å². The molecule has 1 aromatic carbocycles. The van der Waals surface area contributed by atoms with E-state index in [0.717, 1.165) is 12.3 Å². The van der Waals surface area contributed by atoms with Crippen LogP contribution in [-0.4, -0.2) is 44.2 Å². The van der Waals surface area contributed by atoms with Crippen LogP contribution >= 0.6 is 0 Å². The van der Waals surface area contributed by atoms with E-state index in [0.29, 0.717) is 18.1 Å². The Hall–Kier alpha value is -1.46. The standard InChI is InChI=1S/C16H23NO4/c18-13(10-17-7-3-1-2-4-8-17)11-19-14-5-6-15-16(9-14)21-12-20-15/h5-6,9,13,18H,1-4,7-8,10-12H2/p+1/t13-/m1/s1. The van der Waals surface area contributed by atoms with Crippen LogP contribution in [0.4, 0.5) is 0 Å². The molecule has 1 aromatic rings. The number of benzene rings is 1. The maximum atomic E-state index is 10.1. The topological polar surface area (TPSA) is 52.4 Å². The Kier molecular flexibility index (Phi) is 4.83. The summed E-state index contributed by atoms with van der Waals surface area (Å²) < 4.78 is 16.2. The average Bonchev–Trinajstić information content (AvgIpc) is 2.81. The molecule has 2 aliphatic rings. The van der Waals surface area contributed by atoms with Gasteiger partial charge in [-0.1, -0.05) is 0 Å². The van der Waals surface area contributed by atoms with Crippen molar-refractivity contribution in [3.63, 3.8) is 0 Å². The van der Waals surface area contributed by atoms with Gasteiger partial charge in [0, 0.05) is 6.07 Å². The zero-order chi connectivity index (χ0) is 14.5. The van der Waals surface area contributed by atoms with E-state index in [1.165, 1.54) is 43.7 Å². The largest absolute Gasteiger partial charge is 0.491 e. The molecule has 5 nitrogen and oxygen atoms in total. The van der Waals surface area contributed by atoms with Crippen LogP contribution in [0.5, 0.6) is 17.2 Å². The molecule has 0 aromatic heterocycles. The highest BCUT2D eigenvalue weighted by atomic mass is 16.7. The van der Waals surface area contributed by atoms with Crippen LogP contribution in [0.3, 0.4) is 0 Å². The van der Waals surface area contributed by atoms with E-state index in [4.69, 9.17) is 14.2 Å². The predicted molar refractivity (Wildman–Crippen MR) is 78.1 cm³/mol. The Bertz CT molecular complexity index is 458. The Morgan fingerprint density at radius 1 is 1.10 bits per heavy atom. The van der Waals surface area contributed by atoms with Crippen molar-refractivity contribution in [2.75, 3.05) is 33.0 Å². The quantitative estimate of drug-likeness (QED) is 0.836. The van der Waals surface area contributed by atoms with Crippen molar-refractivity contribution in [1.29, 1.82) is 0 Å². The number of likely N-dealkylation sites (tertiary alicyclic amines) is 1. The number of hydrogen-bond acceptors (Lipinski definition) is 4. The van der Waals surface area contributed by atoms with Gasteiger partial charge in [-0.2, -0.15) is 0 Å². The molecule has 5 heteroatoms. The van der Waals surface area contributed by atoms with Crippen molar-refractivity contribution >= 4 is 0 Å². The number of fused-ring (bicyclic) bond motifs is 1. The number of rotatable bonds is 5. The second-order valence-electron chi connectivity index (χ2n) is 5.85. The molecule has 1 atom stereocenters. The lowest BCUT2D eigenvalue weighted by molar-refractivity contribution is -0.902. The highest BCUT2D eigenvalue weighted by Crippen LogP contribution is 2.35. The number of ether oxygens (including phenoxy) is 3. The Labute approximate surface area is 125 Å². The first kappa shape index (κ1) is 14.5. The van der Waals surface area contributed by atoms with Gasteiger partial charge in [0.15, 0.2) is 11.5 Å². The molecule has 2 N–H and O–H groups in total. The molecule has 0 spiro atoms. The van der Waals surface area contributed by atoms with Crippen molar-refractivity contribution < 1.29 is 24.2 Å². The fraction of sp³-hybridized carbons (Fsp3) is 0.625. The lowest BCUT2D eigenvalue weighted by Gasteiger charge is -2.20. The molecule has 1 fully saturated rings. The minimum absolute atomic E-state index is 0.264. The molecule has 21 heavy (non-hydrogen) atoms. The van der Waals surface area contributed by atoms with Gasteiger partial charge in [-0.15, -0.1) is 0 Å². The van der Waals surface area contributed by atoms with E-state index >= 15 is 0 Å². The lowest BCUT2D eigenvalue weighted by Crippen LogP contribution is -3.13. The van der Waals surface area contributed by atoms with Gasteiger partial charge in [0.25, 0.3) is 0 Å². The van der Waals surface area contributed by atoms with Gasteiger partial charge in [-0.25, -0.2) is 0 Å². The molecule has 0 unspecified atom stereocenters. The fourth-order valence-corrected chi connectivity index (χ4v) is 2.98. The highest BCUT2D eigenvalue weighted by Gasteiger charge is 2.18. The maximum Gasteiger partial charge on any atom is 0.231 e. The molecular weight excluding hydrogens is 270 g/mol. The monoisotopic (exact) mass is 294 g/mol. The van der Waals surface area contributed by atoms with Crippen LogP contribution in [0.15, 0.2) is 18.2 Å². The first-order valence-corrected chi connectivity index (χ1v) is 7.85. The van der Waals surface area contributed by atoms with Crippen molar-refractivity contribution in [2.45, 2.75) is 31.8 Å². The van der Waals surface area contributed by atoms with Crippen LogP contribution in [0, 0.1) is 0 Å². The van der Waals surface area contributed by atoms with E-state index in [-0.39, 0.29) is 6.79 Å². The van der Waals surface area contributed by atoms with Gasteiger partial charge in [0.1, 0.15) is 25.0 Å². The summed E-state index contributed by atoms with van der Waals surface area (Å²) in [6, 6.07) is 5.50. The summed E-state index contributed by atoms with van der Waals surface area (Å²) in [5.74, 6) is 2.17. The third-order valence-electron chi connectivity index (χ3n) is 4.12. The van der Waals surface area contributed by atoms with Crippen LogP contribution in [0.25, 0.3) is 0 Å². The van der Waals surface area contributed by atoms with Crippen molar-refractivity contribution in [3.05, 3.63) is 18.2 Å². The fourth-order valence-electron chi connectivity index (χ4n) is 2.98. The van der Waals surface area contributed by atoms with Gasteiger partial charge in [0.05, 0.1) is 13.1 Å². The second-order valence-corrected chi connectivity index (χ2v) is 5.85. The third-order valence-corrected chi connectivity index (χ3v) is 4.12. The smallest absolute Gasteiger partial charge is 0.231 e. The molecule has 0 bridgehead atoms. The summed E-state index contributed by atoms with van der Waals surface area (Å²) >= 11 is 0. The van der Waals surface area contributed by atoms with E-state index in [1.807, 2.05) is 18.2 Å². The molecule has 1 saturated heterocycles. The number of hydrogen-bond donors (Lipinski definition) is 2. The molecule has 2 aliphatic heterocycles. The SMILES string of the molecule is O[C@@H](COc1ccc2c(c1)OCO2)C[NH+]1CCCCCC1. The average molecular weight is 294 g/mol. The van der Waals surface area contributed by atoms with E-state index in [2.05, 4.69) is 0 Å². The van der Waals surface area contributed by atoms with Crippen molar-refractivity contribution in [3.8, 4) is 17.2 Å². The lowest BCUT2D eigenvalue weighted by atomic mass is 10.2. The first-order valence-electron chi connectivity index (χ1n) is 7.85. The van der Waals surface area contributed by atoms with Crippen LogP contribution < -0.4 is 19.1 Å². The molecule has 0 amide bonds. The molecule has 116 valence electrons. The Balaban J connectivity index is 1.45. The zero-order valence-electron chi connectivity index (χ0n) is 12.3. The minimum Gasteiger partial charge on any atom is -0.491 e. The summed E-state index contributed by atoms with van der Waals surface area (Å²) in [6.45, 7) is 3.69. The number of aliphatic hydroxyl groups excluding tert-OH is 1. The molecular formula is C16H24NO4+. The third kappa shape index (κ3) is 4.02. The minimum atomic E-state index is -0.427. The normalized spacial score (nSPS) is 20.0. The second kappa shape index (κ2) is 7.00. The maximum absolute atomic E-state index is 10.1. The van der Waals surface area contributed by atoms with E-state index < -0.39 is 6.10 Å². The highest BCUT2D eigenvalue weighted by molar-refractivity contribution is 5.46. The zero-order valence-corrected chi connectivity index (χ0v) is 12.3. The molecule has 2 heterocycles. The van der Waals surface area contributed by atoms with Gasteiger partial charge < -0.3 is 24.2 Å². The summed E-state index contributed by atoms with van der Waals surface area (Å²) in [6.07, 6.45) is 4.76. The summed E-state index contributed by atoms with van der Waals surface area (Å²) in [5.41, 5.74) is 0. The summed E-state index contributed by atoms with van der Waals surface area (Å²) in [5, 5.41) is 10.1. The van der Waals surface area contributed by atoms with E-state index in [1.54, 1.807) is 0 Å². The van der Waals surface area contributed by atoms with Crippen molar-refractivity contribution in [1.82, 2.24) is 0 Å². The Morgan fingerprint density at radius 3 is 2.67 bits per heavy atom. The van der Waals surface area contributed by atoms with Crippen LogP contribution in [0.2, 0.25) is 0 Å². The van der Waals surface area contributed by atoms with Crippen molar-refractivity contribution in [2.24, 2.45) is 0 Å². The molecule has 0 radical (unpaired) electrons. The van der Waals surface area contributed by atoms with E-state index in [9.17, 15) is 5.11 Å². The first-order chi connectivity index (χ1) is 10.3. The molecule has 0 aliphatic carbocycles. The van der Waals surface area contributed by atoms with Crippen LogP contribution in [-0.2, 0) is 0 Å². The van der Waals surface area contributed by atoms with Crippen LogP contribution in [0.1, 0.15) is 25.7 Å². The number of nitrogens with one attached hydrogen (secondary N) is 1. The van der Waals surface area contributed by atoms with Gasteiger partial charge in [-0.05, 0) is 37.8 Å². The molecule has 0 saturated carbocycles. The summed E-state index contributed by atoms with van der Waals surface area (Å²) in [7, 11) is 0. The van der Waals surface area contributed by atoms with Gasteiger partial charge >= 0.3 is 0 Å². The summed E-state index contributed by atoms with van der Waals surface area (Å²) in [4.78, 5) is 1.49. The number of aliphatic hydroxyl groups is 1. The molecule has 3 rings (SSSR count). The number of quaternary nitrogens is 1. The Morgan fingerprint density at radius 2 is 1.86 bits per heavy atom.